The van der Waals surface area contributed by atoms with Crippen molar-refractivity contribution in [2.75, 3.05) is 26.2 Å². The van der Waals surface area contributed by atoms with Gasteiger partial charge in [0.25, 0.3) is 5.91 Å². The second-order valence-corrected chi connectivity index (χ2v) is 9.72. The maximum absolute atomic E-state index is 13.5. The molecule has 1 atom stereocenters. The molecule has 1 saturated carbocycles. The van der Waals surface area contributed by atoms with Gasteiger partial charge in [0.1, 0.15) is 0 Å². The summed E-state index contributed by atoms with van der Waals surface area (Å²) in [5.74, 6) is 0.834. The predicted molar refractivity (Wildman–Crippen MR) is 136 cm³/mol. The van der Waals surface area contributed by atoms with Crippen LogP contribution in [0.3, 0.4) is 0 Å². The van der Waals surface area contributed by atoms with E-state index < -0.39 is 0 Å². The molecule has 1 unspecified atom stereocenters. The number of aromatic nitrogens is 2. The van der Waals surface area contributed by atoms with E-state index in [1.54, 1.807) is 0 Å². The van der Waals surface area contributed by atoms with Crippen LogP contribution in [0.2, 0.25) is 0 Å². The minimum absolute atomic E-state index is 0.124. The van der Waals surface area contributed by atoms with Crippen molar-refractivity contribution in [2.24, 2.45) is 5.92 Å². The maximum Gasteiger partial charge on any atom is 0.257 e. The molecule has 33 heavy (non-hydrogen) atoms. The van der Waals surface area contributed by atoms with Crippen molar-refractivity contribution in [3.05, 3.63) is 52.9 Å². The third kappa shape index (κ3) is 5.24. The number of hydrogen-bond donors (Lipinski definition) is 0. The molecule has 1 amide bonds. The van der Waals surface area contributed by atoms with Gasteiger partial charge in [-0.2, -0.15) is 5.10 Å². The number of likely N-dealkylation sites (N-methyl/N-ethyl adjacent to an activating group) is 1. The van der Waals surface area contributed by atoms with Gasteiger partial charge >= 0.3 is 0 Å². The summed E-state index contributed by atoms with van der Waals surface area (Å²) < 4.78 is 1.94. The van der Waals surface area contributed by atoms with Gasteiger partial charge in [-0.3, -0.25) is 9.69 Å². The quantitative estimate of drug-likeness (QED) is 0.550. The molecule has 5 heteroatoms. The third-order valence-electron chi connectivity index (χ3n) is 7.61. The molecule has 1 aliphatic carbocycles. The highest BCUT2D eigenvalue weighted by Gasteiger charge is 2.32. The first-order valence-corrected chi connectivity index (χ1v) is 12.9. The van der Waals surface area contributed by atoms with Crippen LogP contribution >= 0.6 is 0 Å². The Hall–Kier alpha value is -2.40. The second kappa shape index (κ2) is 10.7. The fourth-order valence-corrected chi connectivity index (χ4v) is 5.66. The summed E-state index contributed by atoms with van der Waals surface area (Å²) in [4.78, 5) is 17.9. The average Bonchev–Trinajstić information content (AvgIpc) is 3.44. The number of benzene rings is 1. The van der Waals surface area contributed by atoms with E-state index in [1.165, 1.54) is 37.7 Å². The number of allylic oxidation sites excluding steroid dienone is 1. The summed E-state index contributed by atoms with van der Waals surface area (Å²) in [6.45, 7) is 12.1. The first-order chi connectivity index (χ1) is 16.0. The van der Waals surface area contributed by atoms with Gasteiger partial charge in [0.05, 0.1) is 22.6 Å². The van der Waals surface area contributed by atoms with Crippen LogP contribution in [0.15, 0.2) is 30.3 Å². The van der Waals surface area contributed by atoms with Crippen LogP contribution in [0.5, 0.6) is 0 Å². The molecule has 2 aliphatic rings. The van der Waals surface area contributed by atoms with Crippen LogP contribution in [-0.2, 0) is 0 Å². The molecule has 5 nitrogen and oxygen atoms in total. The Morgan fingerprint density at radius 3 is 2.61 bits per heavy atom. The molecule has 1 aromatic carbocycles. The first kappa shape index (κ1) is 23.7. The number of aryl methyl sites for hydroxylation is 1. The van der Waals surface area contributed by atoms with Crippen LogP contribution in [0.25, 0.3) is 11.8 Å². The van der Waals surface area contributed by atoms with Crippen LogP contribution in [0.4, 0.5) is 0 Å². The van der Waals surface area contributed by atoms with E-state index in [9.17, 15) is 4.79 Å². The highest BCUT2D eigenvalue weighted by molar-refractivity contribution is 5.96. The number of hydrogen-bond acceptors (Lipinski definition) is 3. The second-order valence-electron chi connectivity index (χ2n) is 9.72. The molecular weight excluding hydrogens is 408 g/mol. The van der Waals surface area contributed by atoms with E-state index in [2.05, 4.69) is 55.2 Å². The van der Waals surface area contributed by atoms with Crippen LogP contribution in [-0.4, -0.2) is 57.7 Å². The molecule has 1 saturated heterocycles. The molecule has 4 rings (SSSR count). The summed E-state index contributed by atoms with van der Waals surface area (Å²) in [7, 11) is 0. The van der Waals surface area contributed by atoms with Gasteiger partial charge in [-0.05, 0) is 69.8 Å². The fourth-order valence-electron chi connectivity index (χ4n) is 5.66. The van der Waals surface area contributed by atoms with Crippen molar-refractivity contribution in [1.82, 2.24) is 19.6 Å². The molecule has 1 aromatic heterocycles. The SMILES string of the molecule is CCN(CC)C1CCN(C(=O)c2c(C)nn(-c3cccc(C=CC4CCCCC4)c3)c2C)C1. The number of likely N-dealkylation sites (tertiary alicyclic amines) is 1. The monoisotopic (exact) mass is 448 g/mol. The summed E-state index contributed by atoms with van der Waals surface area (Å²) in [5, 5.41) is 4.79. The Morgan fingerprint density at radius 1 is 1.12 bits per heavy atom. The molecule has 0 radical (unpaired) electrons. The van der Waals surface area contributed by atoms with E-state index in [1.807, 2.05) is 23.4 Å². The minimum atomic E-state index is 0.124. The summed E-state index contributed by atoms with van der Waals surface area (Å²) in [6, 6.07) is 8.96. The number of carbonyl (C=O) groups is 1. The molecule has 0 spiro atoms. The Labute approximate surface area is 199 Å². The van der Waals surface area contributed by atoms with Crippen molar-refractivity contribution < 1.29 is 4.79 Å². The standard InChI is InChI=1S/C28H40N4O/c1-5-30(6-2)26-17-18-31(20-26)28(33)27-21(3)29-32(22(27)4)25-14-10-13-24(19-25)16-15-23-11-8-7-9-12-23/h10,13-16,19,23,26H,5-9,11-12,17-18,20H2,1-4H3. The van der Waals surface area contributed by atoms with Gasteiger partial charge in [-0.15, -0.1) is 0 Å². The van der Waals surface area contributed by atoms with E-state index in [0.29, 0.717) is 12.0 Å². The third-order valence-corrected chi connectivity index (χ3v) is 7.61. The zero-order valence-electron chi connectivity index (χ0n) is 20.9. The number of nitrogens with zero attached hydrogens (tertiary/aromatic N) is 4. The Bertz CT molecular complexity index is 982. The van der Waals surface area contributed by atoms with Crippen molar-refractivity contribution in [2.45, 2.75) is 72.3 Å². The van der Waals surface area contributed by atoms with E-state index in [-0.39, 0.29) is 5.91 Å². The average molecular weight is 449 g/mol. The number of carbonyl (C=O) groups excluding carboxylic acids is 1. The predicted octanol–water partition coefficient (Wildman–Crippen LogP) is 5.64. The normalized spacial score (nSPS) is 19.8. The van der Waals surface area contributed by atoms with Crippen molar-refractivity contribution >= 4 is 12.0 Å². The lowest BCUT2D eigenvalue weighted by atomic mass is 9.89. The summed E-state index contributed by atoms with van der Waals surface area (Å²) >= 11 is 0. The van der Waals surface area contributed by atoms with Gasteiger partial charge in [-0.1, -0.05) is 57.4 Å². The zero-order chi connectivity index (χ0) is 23.4. The van der Waals surface area contributed by atoms with E-state index in [4.69, 9.17) is 5.10 Å². The van der Waals surface area contributed by atoms with Crippen molar-refractivity contribution in [1.29, 1.82) is 0 Å². The Balaban J connectivity index is 1.52. The van der Waals surface area contributed by atoms with Crippen molar-refractivity contribution in [3.8, 4) is 5.69 Å². The van der Waals surface area contributed by atoms with E-state index >= 15 is 0 Å². The Morgan fingerprint density at radius 2 is 1.88 bits per heavy atom. The largest absolute Gasteiger partial charge is 0.337 e. The fraction of sp³-hybridized carbons (Fsp3) is 0.571. The topological polar surface area (TPSA) is 41.4 Å². The van der Waals surface area contributed by atoms with Gasteiger partial charge in [0.2, 0.25) is 0 Å². The van der Waals surface area contributed by atoms with Crippen LogP contribution in [0, 0.1) is 19.8 Å². The molecule has 2 heterocycles. The molecule has 0 N–H and O–H groups in total. The zero-order valence-corrected chi connectivity index (χ0v) is 20.9. The molecule has 1 aliphatic heterocycles. The van der Waals surface area contributed by atoms with Gasteiger partial charge < -0.3 is 4.90 Å². The minimum Gasteiger partial charge on any atom is -0.337 e. The number of rotatable bonds is 7. The molecular formula is C28H40N4O. The van der Waals surface area contributed by atoms with Gasteiger partial charge in [-0.25, -0.2) is 4.68 Å². The molecule has 0 bridgehead atoms. The highest BCUT2D eigenvalue weighted by atomic mass is 16.2. The maximum atomic E-state index is 13.5. The lowest BCUT2D eigenvalue weighted by molar-refractivity contribution is 0.0776. The van der Waals surface area contributed by atoms with Crippen LogP contribution < -0.4 is 0 Å². The van der Waals surface area contributed by atoms with Gasteiger partial charge in [0.15, 0.2) is 0 Å². The smallest absolute Gasteiger partial charge is 0.257 e. The summed E-state index contributed by atoms with van der Waals surface area (Å²) in [5.41, 5.74) is 4.71. The van der Waals surface area contributed by atoms with E-state index in [0.717, 1.165) is 55.2 Å². The lowest BCUT2D eigenvalue weighted by Crippen LogP contribution is -2.38. The molecule has 2 aromatic rings. The summed E-state index contributed by atoms with van der Waals surface area (Å²) in [6.07, 6.45) is 12.4. The lowest BCUT2D eigenvalue weighted by Gasteiger charge is -2.26. The molecule has 178 valence electrons. The highest BCUT2D eigenvalue weighted by Crippen LogP contribution is 2.26. The van der Waals surface area contributed by atoms with Crippen LogP contribution in [0.1, 0.15) is 79.7 Å². The van der Waals surface area contributed by atoms with Crippen molar-refractivity contribution in [3.63, 3.8) is 0 Å². The molecule has 2 fully saturated rings. The number of amides is 1. The first-order valence-electron chi connectivity index (χ1n) is 12.9. The Kier molecular flexibility index (Phi) is 7.69. The van der Waals surface area contributed by atoms with Gasteiger partial charge in [0, 0.05) is 19.1 Å².